The molecule has 0 saturated carbocycles. The number of imide groups is 1. The SMILES string of the molecule is CCOC(=O)COc1cc(/C=C2\SC(=O)N(CC(=O)Nc3cccc4ccccc34)C2=O)ccc1OC. The van der Waals surface area contributed by atoms with Gasteiger partial charge in [0.15, 0.2) is 18.1 Å². The van der Waals surface area contributed by atoms with Gasteiger partial charge in [0.1, 0.15) is 6.54 Å². The first-order chi connectivity index (χ1) is 17.9. The largest absolute Gasteiger partial charge is 0.493 e. The number of hydrogen-bond acceptors (Lipinski definition) is 8. The van der Waals surface area contributed by atoms with Crippen LogP contribution >= 0.6 is 11.8 Å². The van der Waals surface area contributed by atoms with Crippen molar-refractivity contribution < 1.29 is 33.4 Å². The van der Waals surface area contributed by atoms with Crippen LogP contribution in [0.2, 0.25) is 0 Å². The van der Waals surface area contributed by atoms with Crippen molar-refractivity contribution in [3.05, 3.63) is 71.1 Å². The Labute approximate surface area is 217 Å². The molecule has 0 atom stereocenters. The summed E-state index contributed by atoms with van der Waals surface area (Å²) < 4.78 is 15.6. The Kier molecular flexibility index (Phi) is 8.09. The van der Waals surface area contributed by atoms with E-state index in [9.17, 15) is 19.2 Å². The molecule has 1 saturated heterocycles. The third-order valence-electron chi connectivity index (χ3n) is 5.38. The van der Waals surface area contributed by atoms with E-state index in [0.717, 1.165) is 27.4 Å². The van der Waals surface area contributed by atoms with Crippen LogP contribution < -0.4 is 14.8 Å². The molecule has 1 aliphatic heterocycles. The molecule has 1 aliphatic rings. The van der Waals surface area contributed by atoms with Crippen molar-refractivity contribution in [2.24, 2.45) is 0 Å². The van der Waals surface area contributed by atoms with Crippen LogP contribution in [0.25, 0.3) is 16.8 Å². The highest BCUT2D eigenvalue weighted by Crippen LogP contribution is 2.34. The van der Waals surface area contributed by atoms with E-state index in [2.05, 4.69) is 5.32 Å². The summed E-state index contributed by atoms with van der Waals surface area (Å²) in [4.78, 5) is 50.9. The van der Waals surface area contributed by atoms with Gasteiger partial charge in [0, 0.05) is 11.1 Å². The number of thioether (sulfide) groups is 1. The molecule has 0 radical (unpaired) electrons. The third-order valence-corrected chi connectivity index (χ3v) is 6.28. The lowest BCUT2D eigenvalue weighted by Gasteiger charge is -2.13. The molecule has 10 heteroatoms. The highest BCUT2D eigenvalue weighted by Gasteiger charge is 2.36. The summed E-state index contributed by atoms with van der Waals surface area (Å²) in [6.45, 7) is 1.20. The van der Waals surface area contributed by atoms with Crippen molar-refractivity contribution in [1.29, 1.82) is 0 Å². The number of carbonyl (C=O) groups is 4. The number of rotatable bonds is 9. The van der Waals surface area contributed by atoms with Crippen molar-refractivity contribution in [1.82, 2.24) is 4.90 Å². The molecule has 0 spiro atoms. The van der Waals surface area contributed by atoms with Crippen LogP contribution in [0.5, 0.6) is 11.5 Å². The lowest BCUT2D eigenvalue weighted by Crippen LogP contribution is -2.36. The Hall–Kier alpha value is -4.31. The van der Waals surface area contributed by atoms with Gasteiger partial charge in [0.05, 0.1) is 18.6 Å². The summed E-state index contributed by atoms with van der Waals surface area (Å²) in [6, 6.07) is 18.0. The molecule has 0 unspecified atom stereocenters. The van der Waals surface area contributed by atoms with Gasteiger partial charge < -0.3 is 19.5 Å². The van der Waals surface area contributed by atoms with Gasteiger partial charge in [0.25, 0.3) is 11.1 Å². The first kappa shape index (κ1) is 25.8. The van der Waals surface area contributed by atoms with Gasteiger partial charge in [-0.25, -0.2) is 4.79 Å². The Bertz CT molecular complexity index is 1400. The Balaban J connectivity index is 1.46. The van der Waals surface area contributed by atoms with E-state index >= 15 is 0 Å². The maximum Gasteiger partial charge on any atom is 0.344 e. The summed E-state index contributed by atoms with van der Waals surface area (Å²) in [7, 11) is 1.46. The van der Waals surface area contributed by atoms with Crippen molar-refractivity contribution in [2.75, 3.05) is 32.2 Å². The monoisotopic (exact) mass is 520 g/mol. The van der Waals surface area contributed by atoms with E-state index in [-0.39, 0.29) is 23.9 Å². The quantitative estimate of drug-likeness (QED) is 0.325. The molecule has 0 bridgehead atoms. The van der Waals surface area contributed by atoms with Gasteiger partial charge in [-0.3, -0.25) is 19.3 Å². The minimum atomic E-state index is -0.576. The summed E-state index contributed by atoms with van der Waals surface area (Å²) >= 11 is 0.740. The predicted octanol–water partition coefficient (Wildman–Crippen LogP) is 4.47. The number of methoxy groups -OCH3 is 1. The molecule has 3 amide bonds. The zero-order chi connectivity index (χ0) is 26.4. The Morgan fingerprint density at radius 1 is 1.03 bits per heavy atom. The normalized spacial score (nSPS) is 14.2. The summed E-state index contributed by atoms with van der Waals surface area (Å²) in [5.74, 6) is -0.928. The van der Waals surface area contributed by atoms with Gasteiger partial charge >= 0.3 is 5.97 Å². The van der Waals surface area contributed by atoms with Crippen molar-refractivity contribution in [2.45, 2.75) is 6.92 Å². The zero-order valence-corrected chi connectivity index (χ0v) is 21.0. The van der Waals surface area contributed by atoms with Crippen molar-refractivity contribution in [3.8, 4) is 11.5 Å². The summed E-state index contributed by atoms with van der Waals surface area (Å²) in [5.41, 5.74) is 1.14. The van der Waals surface area contributed by atoms with Gasteiger partial charge in [-0.1, -0.05) is 42.5 Å². The van der Waals surface area contributed by atoms with Crippen LogP contribution in [-0.4, -0.2) is 54.8 Å². The molecule has 3 aromatic carbocycles. The average molecular weight is 521 g/mol. The zero-order valence-electron chi connectivity index (χ0n) is 20.2. The Morgan fingerprint density at radius 3 is 2.59 bits per heavy atom. The number of nitrogens with one attached hydrogen (secondary N) is 1. The lowest BCUT2D eigenvalue weighted by molar-refractivity contribution is -0.145. The second kappa shape index (κ2) is 11.6. The second-order valence-electron chi connectivity index (χ2n) is 7.85. The topological polar surface area (TPSA) is 111 Å². The fraction of sp³-hybridized carbons (Fsp3) is 0.185. The van der Waals surface area contributed by atoms with E-state index in [4.69, 9.17) is 14.2 Å². The van der Waals surface area contributed by atoms with Crippen LogP contribution in [0.1, 0.15) is 12.5 Å². The molecule has 1 fully saturated rings. The fourth-order valence-corrected chi connectivity index (χ4v) is 4.53. The first-order valence-corrected chi connectivity index (χ1v) is 12.2. The Morgan fingerprint density at radius 2 is 1.81 bits per heavy atom. The number of nitrogens with zero attached hydrogens (tertiary/aromatic N) is 1. The number of anilines is 1. The van der Waals surface area contributed by atoms with Gasteiger partial charge in [-0.15, -0.1) is 0 Å². The molecule has 1 heterocycles. The smallest absolute Gasteiger partial charge is 0.344 e. The average Bonchev–Trinajstić information content (AvgIpc) is 3.15. The van der Waals surface area contributed by atoms with Gasteiger partial charge in [-0.2, -0.15) is 0 Å². The molecule has 9 nitrogen and oxygen atoms in total. The maximum atomic E-state index is 12.9. The van der Waals surface area contributed by atoms with Crippen molar-refractivity contribution in [3.63, 3.8) is 0 Å². The van der Waals surface area contributed by atoms with Crippen LogP contribution in [0.3, 0.4) is 0 Å². The summed E-state index contributed by atoms with van der Waals surface area (Å²) in [6.07, 6.45) is 1.52. The van der Waals surface area contributed by atoms with Crippen molar-refractivity contribution >= 4 is 57.3 Å². The first-order valence-electron chi connectivity index (χ1n) is 11.4. The van der Waals surface area contributed by atoms with Crippen LogP contribution in [-0.2, 0) is 19.1 Å². The van der Waals surface area contributed by atoms with E-state index in [1.165, 1.54) is 13.2 Å². The molecule has 0 aliphatic carbocycles. The number of benzene rings is 3. The molecule has 190 valence electrons. The number of amides is 3. The highest BCUT2D eigenvalue weighted by molar-refractivity contribution is 8.18. The number of hydrogen-bond donors (Lipinski definition) is 1. The number of carbonyl (C=O) groups excluding carboxylic acids is 4. The molecular weight excluding hydrogens is 496 g/mol. The predicted molar refractivity (Wildman–Crippen MR) is 140 cm³/mol. The van der Waals surface area contributed by atoms with E-state index < -0.39 is 29.6 Å². The van der Waals surface area contributed by atoms with E-state index in [1.807, 2.05) is 36.4 Å². The highest BCUT2D eigenvalue weighted by atomic mass is 32.2. The molecule has 3 aromatic rings. The molecule has 37 heavy (non-hydrogen) atoms. The fourth-order valence-electron chi connectivity index (χ4n) is 3.69. The van der Waals surface area contributed by atoms with Crippen LogP contribution in [0.15, 0.2) is 65.6 Å². The molecule has 4 rings (SSSR count). The molecule has 1 N–H and O–H groups in total. The molecular formula is C27H24N2O7S. The number of esters is 1. The number of ether oxygens (including phenoxy) is 3. The van der Waals surface area contributed by atoms with E-state index in [1.54, 1.807) is 31.2 Å². The molecule has 0 aromatic heterocycles. The second-order valence-corrected chi connectivity index (χ2v) is 8.84. The minimum absolute atomic E-state index is 0.157. The summed E-state index contributed by atoms with van der Waals surface area (Å²) in [5, 5.41) is 4.06. The van der Waals surface area contributed by atoms with Crippen LogP contribution in [0.4, 0.5) is 10.5 Å². The van der Waals surface area contributed by atoms with Crippen LogP contribution in [0, 0.1) is 0 Å². The van der Waals surface area contributed by atoms with Gasteiger partial charge in [-0.05, 0) is 53.9 Å². The van der Waals surface area contributed by atoms with Gasteiger partial charge in [0.2, 0.25) is 5.91 Å². The van der Waals surface area contributed by atoms with E-state index in [0.29, 0.717) is 17.0 Å². The number of fused-ring (bicyclic) bond motifs is 1. The third kappa shape index (κ3) is 6.10. The lowest BCUT2D eigenvalue weighted by atomic mass is 10.1. The standard InChI is InChI=1S/C27H24N2O7S/c1-3-35-25(31)16-36-22-13-17(11-12-21(22)34-2)14-23-26(32)29(27(33)37-23)15-24(30)28-20-10-6-8-18-7-4-5-9-19(18)20/h4-14H,3,15-16H2,1-2H3,(H,28,30)/b23-14-. The minimum Gasteiger partial charge on any atom is -0.493 e. The maximum absolute atomic E-state index is 12.9.